The average molecular weight is 408 g/mol. The van der Waals surface area contributed by atoms with Gasteiger partial charge in [0, 0.05) is 30.1 Å². The summed E-state index contributed by atoms with van der Waals surface area (Å²) < 4.78 is 5.36. The molecule has 0 saturated carbocycles. The number of benzene rings is 2. The van der Waals surface area contributed by atoms with Crippen LogP contribution in [0.3, 0.4) is 0 Å². The Hall–Kier alpha value is -3.28. The first-order chi connectivity index (χ1) is 14.3. The molecule has 0 aliphatic carbocycles. The summed E-state index contributed by atoms with van der Waals surface area (Å²) in [6, 6.07) is 17.1. The second-order valence-electron chi connectivity index (χ2n) is 8.29. The van der Waals surface area contributed by atoms with Crippen molar-refractivity contribution in [1.82, 2.24) is 15.6 Å². The number of hydrogen-bond donors (Lipinski definition) is 3. The number of amides is 2. The average Bonchev–Trinajstić information content (AvgIpc) is 3.10. The Balaban J connectivity index is 1.69. The quantitative estimate of drug-likeness (QED) is 0.554. The zero-order valence-corrected chi connectivity index (χ0v) is 17.7. The largest absolute Gasteiger partial charge is 0.444 e. The first kappa shape index (κ1) is 21.4. The van der Waals surface area contributed by atoms with E-state index in [1.807, 2.05) is 60.8 Å². The number of rotatable bonds is 7. The number of aromatic nitrogens is 1. The SMILES string of the molecule is CC(C)(C)OC(=O)N[C@H](Cc1c[nH]c2ccccc12)C(=O)NCCc1ccccc1. The molecule has 3 N–H and O–H groups in total. The van der Waals surface area contributed by atoms with Crippen LogP contribution in [0.15, 0.2) is 60.8 Å². The molecule has 1 atom stereocenters. The third kappa shape index (κ3) is 6.11. The summed E-state index contributed by atoms with van der Waals surface area (Å²) in [7, 11) is 0. The number of carbonyl (C=O) groups excluding carboxylic acids is 2. The van der Waals surface area contributed by atoms with Crippen LogP contribution in [0, 0.1) is 0 Å². The van der Waals surface area contributed by atoms with Gasteiger partial charge < -0.3 is 20.4 Å². The fourth-order valence-electron chi connectivity index (χ4n) is 3.28. The number of H-pyrrole nitrogens is 1. The van der Waals surface area contributed by atoms with Crippen molar-refractivity contribution >= 4 is 22.9 Å². The van der Waals surface area contributed by atoms with Crippen LogP contribution in [-0.2, 0) is 22.4 Å². The summed E-state index contributed by atoms with van der Waals surface area (Å²) >= 11 is 0. The molecule has 0 unspecified atom stereocenters. The zero-order valence-electron chi connectivity index (χ0n) is 17.7. The van der Waals surface area contributed by atoms with Crippen LogP contribution >= 0.6 is 0 Å². The third-order valence-corrected chi connectivity index (χ3v) is 4.66. The van der Waals surface area contributed by atoms with Gasteiger partial charge in [0.15, 0.2) is 0 Å². The van der Waals surface area contributed by atoms with Gasteiger partial charge >= 0.3 is 6.09 Å². The van der Waals surface area contributed by atoms with E-state index in [1.165, 1.54) is 0 Å². The first-order valence-electron chi connectivity index (χ1n) is 10.2. The van der Waals surface area contributed by atoms with Crippen molar-refractivity contribution in [3.63, 3.8) is 0 Å². The van der Waals surface area contributed by atoms with E-state index in [9.17, 15) is 9.59 Å². The van der Waals surface area contributed by atoms with Crippen molar-refractivity contribution in [2.45, 2.75) is 45.3 Å². The predicted octanol–water partition coefficient (Wildman–Crippen LogP) is 3.96. The van der Waals surface area contributed by atoms with Crippen molar-refractivity contribution in [3.8, 4) is 0 Å². The summed E-state index contributed by atoms with van der Waals surface area (Å²) in [5.74, 6) is -0.234. The van der Waals surface area contributed by atoms with E-state index in [0.29, 0.717) is 13.0 Å². The minimum Gasteiger partial charge on any atom is -0.444 e. The summed E-state index contributed by atoms with van der Waals surface area (Å²) in [5, 5.41) is 6.71. The van der Waals surface area contributed by atoms with Crippen LogP contribution < -0.4 is 10.6 Å². The fourth-order valence-corrected chi connectivity index (χ4v) is 3.28. The molecule has 1 heterocycles. The zero-order chi connectivity index (χ0) is 21.6. The molecular weight excluding hydrogens is 378 g/mol. The third-order valence-electron chi connectivity index (χ3n) is 4.66. The molecule has 3 rings (SSSR count). The second-order valence-corrected chi connectivity index (χ2v) is 8.29. The number of para-hydroxylation sites is 1. The van der Waals surface area contributed by atoms with Gasteiger partial charge in [0.25, 0.3) is 0 Å². The Bertz CT molecular complexity index is 990. The van der Waals surface area contributed by atoms with Crippen molar-refractivity contribution in [3.05, 3.63) is 71.9 Å². The summed E-state index contributed by atoms with van der Waals surface area (Å²) in [6.07, 6.45) is 2.36. The summed E-state index contributed by atoms with van der Waals surface area (Å²) in [4.78, 5) is 28.5. The lowest BCUT2D eigenvalue weighted by atomic mass is 10.0. The molecule has 3 aromatic rings. The van der Waals surface area contributed by atoms with E-state index in [4.69, 9.17) is 4.74 Å². The molecule has 0 radical (unpaired) electrons. The Morgan fingerprint density at radius 1 is 1.03 bits per heavy atom. The maximum absolute atomic E-state index is 12.9. The van der Waals surface area contributed by atoms with Gasteiger partial charge in [0.05, 0.1) is 0 Å². The minimum atomic E-state index is -0.741. The predicted molar refractivity (Wildman–Crippen MR) is 118 cm³/mol. The molecule has 0 saturated heterocycles. The van der Waals surface area contributed by atoms with Crippen molar-refractivity contribution in [2.75, 3.05) is 6.54 Å². The molecule has 0 fully saturated rings. The van der Waals surface area contributed by atoms with Gasteiger partial charge in [0.2, 0.25) is 5.91 Å². The molecule has 6 nitrogen and oxygen atoms in total. The molecule has 1 aromatic heterocycles. The van der Waals surface area contributed by atoms with E-state index in [1.54, 1.807) is 20.8 Å². The maximum Gasteiger partial charge on any atom is 0.408 e. The van der Waals surface area contributed by atoms with Crippen molar-refractivity contribution in [1.29, 1.82) is 0 Å². The summed E-state index contributed by atoms with van der Waals surface area (Å²) in [6.45, 7) is 5.87. The number of carbonyl (C=O) groups is 2. The van der Waals surface area contributed by atoms with Crippen LogP contribution in [0.25, 0.3) is 10.9 Å². The lowest BCUT2D eigenvalue weighted by Crippen LogP contribution is -2.49. The Morgan fingerprint density at radius 3 is 2.47 bits per heavy atom. The van der Waals surface area contributed by atoms with E-state index >= 15 is 0 Å². The lowest BCUT2D eigenvalue weighted by molar-refractivity contribution is -0.123. The van der Waals surface area contributed by atoms with E-state index in [0.717, 1.165) is 28.5 Å². The number of fused-ring (bicyclic) bond motifs is 1. The van der Waals surface area contributed by atoms with E-state index in [-0.39, 0.29) is 5.91 Å². The van der Waals surface area contributed by atoms with Crippen molar-refractivity contribution in [2.24, 2.45) is 0 Å². The monoisotopic (exact) mass is 407 g/mol. The number of nitrogens with one attached hydrogen (secondary N) is 3. The van der Waals surface area contributed by atoms with Crippen LogP contribution in [0.1, 0.15) is 31.9 Å². The second kappa shape index (κ2) is 9.48. The highest BCUT2D eigenvalue weighted by atomic mass is 16.6. The minimum absolute atomic E-state index is 0.234. The van der Waals surface area contributed by atoms with Gasteiger partial charge in [-0.1, -0.05) is 48.5 Å². The molecule has 0 bridgehead atoms. The first-order valence-corrected chi connectivity index (χ1v) is 10.2. The lowest BCUT2D eigenvalue weighted by Gasteiger charge is -2.23. The topological polar surface area (TPSA) is 83.2 Å². The molecule has 30 heavy (non-hydrogen) atoms. The molecular formula is C24H29N3O3. The number of aromatic amines is 1. The molecule has 0 spiro atoms. The van der Waals surface area contributed by atoms with Gasteiger partial charge in [-0.3, -0.25) is 4.79 Å². The van der Waals surface area contributed by atoms with Gasteiger partial charge in [-0.25, -0.2) is 4.79 Å². The molecule has 0 aliphatic heterocycles. The van der Waals surface area contributed by atoms with Crippen LogP contribution in [0.4, 0.5) is 4.79 Å². The normalized spacial score (nSPS) is 12.4. The highest BCUT2D eigenvalue weighted by Gasteiger charge is 2.25. The Kier molecular flexibility index (Phi) is 6.77. The van der Waals surface area contributed by atoms with E-state index in [2.05, 4.69) is 15.6 Å². The van der Waals surface area contributed by atoms with Gasteiger partial charge in [-0.05, 0) is 44.4 Å². The molecule has 2 aromatic carbocycles. The van der Waals surface area contributed by atoms with Crippen LogP contribution in [-0.4, -0.2) is 35.2 Å². The van der Waals surface area contributed by atoms with Gasteiger partial charge in [-0.15, -0.1) is 0 Å². The standard InChI is InChI=1S/C24H29N3O3/c1-24(2,3)30-23(29)27-21(15-18-16-26-20-12-8-7-11-19(18)20)22(28)25-14-13-17-9-5-4-6-10-17/h4-12,16,21,26H,13-15H2,1-3H3,(H,25,28)(H,27,29)/t21-/m1/s1. The Morgan fingerprint density at radius 2 is 1.73 bits per heavy atom. The molecule has 158 valence electrons. The number of ether oxygens (including phenoxy) is 1. The van der Waals surface area contributed by atoms with E-state index < -0.39 is 17.7 Å². The van der Waals surface area contributed by atoms with Gasteiger partial charge in [-0.2, -0.15) is 0 Å². The molecule has 2 amide bonds. The highest BCUT2D eigenvalue weighted by molar-refractivity contribution is 5.88. The molecule has 0 aliphatic rings. The van der Waals surface area contributed by atoms with Crippen LogP contribution in [0.2, 0.25) is 0 Å². The maximum atomic E-state index is 12.9. The summed E-state index contributed by atoms with van der Waals surface area (Å²) in [5.41, 5.74) is 2.46. The van der Waals surface area contributed by atoms with Gasteiger partial charge in [0.1, 0.15) is 11.6 Å². The highest BCUT2D eigenvalue weighted by Crippen LogP contribution is 2.19. The van der Waals surface area contributed by atoms with Crippen molar-refractivity contribution < 1.29 is 14.3 Å². The smallest absolute Gasteiger partial charge is 0.408 e. The Labute approximate surface area is 177 Å². The number of alkyl carbamates (subject to hydrolysis) is 1. The number of hydrogen-bond acceptors (Lipinski definition) is 3. The van der Waals surface area contributed by atoms with Crippen LogP contribution in [0.5, 0.6) is 0 Å². The molecule has 6 heteroatoms. The fraction of sp³-hybridized carbons (Fsp3) is 0.333.